The van der Waals surface area contributed by atoms with Crippen molar-refractivity contribution in [1.82, 2.24) is 9.78 Å². The van der Waals surface area contributed by atoms with Crippen LogP contribution in [0.2, 0.25) is 0 Å². The fourth-order valence-electron chi connectivity index (χ4n) is 2.82. The number of benzene rings is 1. The number of nitrogens with zero attached hydrogens (tertiary/aromatic N) is 3. The Morgan fingerprint density at radius 3 is 2.72 bits per heavy atom. The van der Waals surface area contributed by atoms with E-state index in [0.717, 1.165) is 37.4 Å². The molecule has 1 aromatic heterocycles. The molecule has 1 atom stereocenters. The molecule has 1 aliphatic rings. The standard InChI is InChI=1S/C17H16F5N5O2/c1-16(17(21,22)8-29-7-13(23)25-16)10-6-9(2-3-11(10)18)24-14(28)12-4-5-27(26-12)15(19)20/h2-6,15H,7-8H2,1H3,(H2,23,25)(H,24,28)/t16-/m1/s1. The molecule has 0 bridgehead atoms. The maximum atomic E-state index is 14.7. The van der Waals surface area contributed by atoms with E-state index in [1.807, 2.05) is 0 Å². The first-order chi connectivity index (χ1) is 13.5. The average Bonchev–Trinajstić information content (AvgIpc) is 3.09. The minimum Gasteiger partial charge on any atom is -0.385 e. The predicted molar refractivity (Wildman–Crippen MR) is 92.6 cm³/mol. The third-order valence-electron chi connectivity index (χ3n) is 4.40. The van der Waals surface area contributed by atoms with Gasteiger partial charge >= 0.3 is 6.55 Å². The number of hydrogen-bond donors (Lipinski definition) is 2. The van der Waals surface area contributed by atoms with E-state index in [0.29, 0.717) is 0 Å². The zero-order chi connectivity index (χ0) is 21.4. The lowest BCUT2D eigenvalue weighted by Gasteiger charge is -2.33. The smallest absolute Gasteiger partial charge is 0.333 e. The summed E-state index contributed by atoms with van der Waals surface area (Å²) in [5.41, 5.74) is 2.26. The summed E-state index contributed by atoms with van der Waals surface area (Å²) in [5, 5.41) is 5.71. The molecule has 0 spiro atoms. The van der Waals surface area contributed by atoms with E-state index in [-0.39, 0.29) is 28.5 Å². The van der Waals surface area contributed by atoms with Crippen LogP contribution >= 0.6 is 0 Å². The molecule has 2 aromatic rings. The van der Waals surface area contributed by atoms with Crippen molar-refractivity contribution in [3.05, 3.63) is 47.5 Å². The summed E-state index contributed by atoms with van der Waals surface area (Å²) in [6.07, 6.45) is 0.903. The highest BCUT2D eigenvalue weighted by atomic mass is 19.3. The molecule has 12 heteroatoms. The molecule has 2 heterocycles. The van der Waals surface area contributed by atoms with Crippen molar-refractivity contribution in [2.24, 2.45) is 10.7 Å². The van der Waals surface area contributed by atoms with Crippen LogP contribution in [0.25, 0.3) is 0 Å². The number of carbonyl (C=O) groups excluding carboxylic acids is 1. The summed E-state index contributed by atoms with van der Waals surface area (Å²) in [6.45, 7) is -3.30. The van der Waals surface area contributed by atoms with Crippen LogP contribution in [0, 0.1) is 5.82 Å². The highest BCUT2D eigenvalue weighted by Crippen LogP contribution is 2.44. The maximum Gasteiger partial charge on any atom is 0.333 e. The van der Waals surface area contributed by atoms with Crippen LogP contribution in [-0.4, -0.2) is 40.7 Å². The van der Waals surface area contributed by atoms with Crippen LogP contribution in [0.3, 0.4) is 0 Å². The Labute approximate surface area is 161 Å². The Morgan fingerprint density at radius 2 is 2.07 bits per heavy atom. The van der Waals surface area contributed by atoms with Gasteiger partial charge in [-0.1, -0.05) is 0 Å². The van der Waals surface area contributed by atoms with Crippen LogP contribution in [0.4, 0.5) is 27.6 Å². The Hall–Kier alpha value is -3.02. The predicted octanol–water partition coefficient (Wildman–Crippen LogP) is 2.91. The highest BCUT2D eigenvalue weighted by Gasteiger charge is 2.54. The third-order valence-corrected chi connectivity index (χ3v) is 4.40. The number of amidine groups is 1. The number of hydrogen-bond acceptors (Lipinski definition) is 5. The normalized spacial score (nSPS) is 21.6. The zero-order valence-corrected chi connectivity index (χ0v) is 15.0. The number of halogens is 5. The average molecular weight is 417 g/mol. The molecule has 0 radical (unpaired) electrons. The molecule has 0 unspecified atom stereocenters. The van der Waals surface area contributed by atoms with Gasteiger partial charge in [0.1, 0.15) is 24.9 Å². The number of ether oxygens (including phenoxy) is 1. The molecule has 0 fully saturated rings. The van der Waals surface area contributed by atoms with Gasteiger partial charge in [-0.15, -0.1) is 0 Å². The first-order valence-corrected chi connectivity index (χ1v) is 8.28. The Kier molecular flexibility index (Phi) is 5.30. The lowest BCUT2D eigenvalue weighted by molar-refractivity contribution is -0.116. The van der Waals surface area contributed by atoms with Gasteiger partial charge in [0, 0.05) is 17.4 Å². The molecule has 0 aliphatic carbocycles. The number of aromatic nitrogens is 2. The molecule has 0 saturated carbocycles. The number of nitrogens with two attached hydrogens (primary N) is 1. The van der Waals surface area contributed by atoms with E-state index >= 15 is 0 Å². The minimum absolute atomic E-state index is 0.0611. The van der Waals surface area contributed by atoms with Crippen molar-refractivity contribution < 1.29 is 31.5 Å². The third kappa shape index (κ3) is 3.92. The first-order valence-electron chi connectivity index (χ1n) is 8.28. The number of alkyl halides is 4. The number of amides is 1. The molecule has 0 saturated heterocycles. The summed E-state index contributed by atoms with van der Waals surface area (Å²) < 4.78 is 74.0. The van der Waals surface area contributed by atoms with E-state index in [2.05, 4.69) is 15.4 Å². The van der Waals surface area contributed by atoms with Gasteiger partial charge in [-0.2, -0.15) is 13.9 Å². The molecule has 1 aliphatic heterocycles. The summed E-state index contributed by atoms with van der Waals surface area (Å²) in [5.74, 6) is -5.72. The molecular formula is C17H16F5N5O2. The van der Waals surface area contributed by atoms with Gasteiger partial charge in [-0.3, -0.25) is 9.79 Å². The number of anilines is 1. The number of aliphatic imine (C=N–C) groups is 1. The molecule has 3 rings (SSSR count). The van der Waals surface area contributed by atoms with Gasteiger partial charge < -0.3 is 15.8 Å². The lowest BCUT2D eigenvalue weighted by Crippen LogP contribution is -2.45. The molecule has 3 N–H and O–H groups in total. The number of carbonyl (C=O) groups is 1. The van der Waals surface area contributed by atoms with Crippen LogP contribution < -0.4 is 11.1 Å². The summed E-state index contributed by atoms with van der Waals surface area (Å²) in [7, 11) is 0. The monoisotopic (exact) mass is 417 g/mol. The Balaban J connectivity index is 1.95. The lowest BCUT2D eigenvalue weighted by atomic mass is 9.85. The molecular weight excluding hydrogens is 401 g/mol. The quantitative estimate of drug-likeness (QED) is 0.748. The van der Waals surface area contributed by atoms with Crippen molar-refractivity contribution in [3.63, 3.8) is 0 Å². The van der Waals surface area contributed by atoms with Crippen molar-refractivity contribution in [3.8, 4) is 0 Å². The number of rotatable bonds is 4. The van der Waals surface area contributed by atoms with Crippen molar-refractivity contribution >= 4 is 17.4 Å². The second kappa shape index (κ2) is 7.43. The Bertz CT molecular complexity index is 961. The van der Waals surface area contributed by atoms with Gasteiger partial charge in [0.15, 0.2) is 11.2 Å². The van der Waals surface area contributed by atoms with Crippen LogP contribution in [0.5, 0.6) is 0 Å². The van der Waals surface area contributed by atoms with Crippen molar-refractivity contribution in [2.75, 3.05) is 18.5 Å². The van der Waals surface area contributed by atoms with Crippen LogP contribution in [0.1, 0.15) is 29.5 Å². The first kappa shape index (κ1) is 20.7. The molecule has 156 valence electrons. The van der Waals surface area contributed by atoms with Gasteiger partial charge in [-0.05, 0) is 31.2 Å². The second-order valence-corrected chi connectivity index (χ2v) is 6.48. The summed E-state index contributed by atoms with van der Waals surface area (Å²) in [6, 6.07) is 4.03. The van der Waals surface area contributed by atoms with Gasteiger partial charge in [0.25, 0.3) is 11.8 Å². The van der Waals surface area contributed by atoms with Crippen molar-refractivity contribution in [1.29, 1.82) is 0 Å². The highest BCUT2D eigenvalue weighted by molar-refractivity contribution is 6.02. The second-order valence-electron chi connectivity index (χ2n) is 6.48. The van der Waals surface area contributed by atoms with E-state index in [9.17, 15) is 26.7 Å². The SMILES string of the molecule is C[C@]1(c2cc(NC(=O)c3ccn(C(F)F)n3)ccc2F)N=C(N)COCC1(F)F. The zero-order valence-electron chi connectivity index (χ0n) is 15.0. The van der Waals surface area contributed by atoms with Gasteiger partial charge in [0.2, 0.25) is 0 Å². The maximum absolute atomic E-state index is 14.7. The molecule has 29 heavy (non-hydrogen) atoms. The topological polar surface area (TPSA) is 94.5 Å². The molecule has 1 amide bonds. The summed E-state index contributed by atoms with van der Waals surface area (Å²) in [4.78, 5) is 16.0. The van der Waals surface area contributed by atoms with E-state index in [1.165, 1.54) is 0 Å². The van der Waals surface area contributed by atoms with Crippen LogP contribution in [0.15, 0.2) is 35.5 Å². The Morgan fingerprint density at radius 1 is 1.34 bits per heavy atom. The minimum atomic E-state index is -3.60. The largest absolute Gasteiger partial charge is 0.385 e. The number of nitrogens with one attached hydrogen (secondary N) is 1. The van der Waals surface area contributed by atoms with E-state index < -0.39 is 41.9 Å². The fraction of sp³-hybridized carbons (Fsp3) is 0.353. The van der Waals surface area contributed by atoms with Crippen LogP contribution in [-0.2, 0) is 10.3 Å². The van der Waals surface area contributed by atoms with E-state index in [4.69, 9.17) is 10.5 Å². The fourth-order valence-corrected chi connectivity index (χ4v) is 2.82. The summed E-state index contributed by atoms with van der Waals surface area (Å²) >= 11 is 0. The molecule has 1 aromatic carbocycles. The molecule has 7 nitrogen and oxygen atoms in total. The van der Waals surface area contributed by atoms with Crippen molar-refractivity contribution in [2.45, 2.75) is 24.9 Å². The van der Waals surface area contributed by atoms with Gasteiger partial charge in [-0.25, -0.2) is 17.9 Å². The van der Waals surface area contributed by atoms with Gasteiger partial charge in [0.05, 0.1) is 0 Å². The van der Waals surface area contributed by atoms with E-state index in [1.54, 1.807) is 0 Å².